The van der Waals surface area contributed by atoms with Crippen molar-refractivity contribution in [2.24, 2.45) is 4.40 Å². The zero-order chi connectivity index (χ0) is 12.5. The van der Waals surface area contributed by atoms with Crippen molar-refractivity contribution in [3.8, 4) is 11.5 Å². The molecule has 1 unspecified atom stereocenters. The van der Waals surface area contributed by atoms with Crippen LogP contribution >= 0.6 is 0 Å². The summed E-state index contributed by atoms with van der Waals surface area (Å²) in [6.45, 7) is 5.92. The SMILES string of the molecule is CC(C)(C)[S+]([O-])/N=C/c1ccc2c(c1)OCO2. The van der Waals surface area contributed by atoms with Gasteiger partial charge < -0.3 is 14.0 Å². The number of ether oxygens (including phenoxy) is 2. The lowest BCUT2D eigenvalue weighted by Crippen LogP contribution is -2.25. The minimum atomic E-state index is -1.24. The van der Waals surface area contributed by atoms with Gasteiger partial charge in [-0.1, -0.05) is 4.40 Å². The van der Waals surface area contributed by atoms with Gasteiger partial charge in [-0.25, -0.2) is 0 Å². The molecule has 17 heavy (non-hydrogen) atoms. The summed E-state index contributed by atoms with van der Waals surface area (Å²) in [5.41, 5.74) is 0.854. The van der Waals surface area contributed by atoms with Crippen LogP contribution in [0.15, 0.2) is 22.6 Å². The van der Waals surface area contributed by atoms with Crippen LogP contribution in [0, 0.1) is 0 Å². The van der Waals surface area contributed by atoms with Crippen LogP contribution in [0.25, 0.3) is 0 Å². The third-order valence-corrected chi connectivity index (χ3v) is 3.56. The fourth-order valence-corrected chi connectivity index (χ4v) is 1.79. The first-order valence-electron chi connectivity index (χ1n) is 5.32. The van der Waals surface area contributed by atoms with Gasteiger partial charge in [0.25, 0.3) is 0 Å². The van der Waals surface area contributed by atoms with E-state index >= 15 is 0 Å². The lowest BCUT2D eigenvalue weighted by atomic mass is 10.2. The molecule has 1 heterocycles. The molecule has 0 aromatic heterocycles. The molecule has 2 rings (SSSR count). The zero-order valence-electron chi connectivity index (χ0n) is 10.1. The molecule has 0 amide bonds. The molecule has 0 saturated carbocycles. The highest BCUT2D eigenvalue weighted by Crippen LogP contribution is 2.32. The maximum Gasteiger partial charge on any atom is 0.231 e. The zero-order valence-corrected chi connectivity index (χ0v) is 10.9. The van der Waals surface area contributed by atoms with Crippen LogP contribution in [0.1, 0.15) is 26.3 Å². The molecule has 0 radical (unpaired) electrons. The van der Waals surface area contributed by atoms with Crippen molar-refractivity contribution in [3.63, 3.8) is 0 Å². The highest BCUT2D eigenvalue weighted by atomic mass is 32.2. The van der Waals surface area contributed by atoms with Gasteiger partial charge in [-0.05, 0) is 39.0 Å². The Balaban J connectivity index is 2.12. The number of rotatable bonds is 2. The molecule has 1 aliphatic rings. The van der Waals surface area contributed by atoms with Gasteiger partial charge in [0.1, 0.15) is 16.1 Å². The summed E-state index contributed by atoms with van der Waals surface area (Å²) < 4.78 is 25.9. The van der Waals surface area contributed by atoms with E-state index in [-0.39, 0.29) is 11.5 Å². The predicted molar refractivity (Wildman–Crippen MR) is 68.1 cm³/mol. The Morgan fingerprint density at radius 3 is 2.71 bits per heavy atom. The molecule has 5 heteroatoms. The average molecular weight is 253 g/mol. The van der Waals surface area contributed by atoms with E-state index in [2.05, 4.69) is 4.40 Å². The molecule has 1 aromatic carbocycles. The van der Waals surface area contributed by atoms with Gasteiger partial charge in [-0.2, -0.15) is 0 Å². The van der Waals surface area contributed by atoms with Crippen LogP contribution < -0.4 is 9.47 Å². The molecule has 1 aromatic rings. The molecule has 0 saturated heterocycles. The first kappa shape index (κ1) is 12.3. The van der Waals surface area contributed by atoms with Gasteiger partial charge in [0.05, 0.1) is 6.21 Å². The van der Waals surface area contributed by atoms with Crippen molar-refractivity contribution >= 4 is 17.6 Å². The summed E-state index contributed by atoms with van der Waals surface area (Å²) in [7, 11) is 0. The third kappa shape index (κ3) is 2.92. The van der Waals surface area contributed by atoms with E-state index in [1.807, 2.05) is 39.0 Å². The molecule has 0 bridgehead atoms. The van der Waals surface area contributed by atoms with E-state index in [9.17, 15) is 4.55 Å². The maximum absolute atomic E-state index is 11.7. The van der Waals surface area contributed by atoms with Crippen molar-refractivity contribution in [2.45, 2.75) is 25.5 Å². The van der Waals surface area contributed by atoms with Crippen LogP contribution in [-0.2, 0) is 11.4 Å². The number of hydrogen-bond acceptors (Lipinski definition) is 4. The van der Waals surface area contributed by atoms with Crippen molar-refractivity contribution in [2.75, 3.05) is 6.79 Å². The third-order valence-electron chi connectivity index (χ3n) is 2.22. The van der Waals surface area contributed by atoms with E-state index in [4.69, 9.17) is 9.47 Å². The van der Waals surface area contributed by atoms with E-state index in [1.165, 1.54) is 0 Å². The van der Waals surface area contributed by atoms with Gasteiger partial charge in [0, 0.05) is 5.56 Å². The number of hydrogen-bond donors (Lipinski definition) is 0. The monoisotopic (exact) mass is 253 g/mol. The van der Waals surface area contributed by atoms with Crippen LogP contribution in [0.2, 0.25) is 0 Å². The van der Waals surface area contributed by atoms with E-state index in [0.717, 1.165) is 11.3 Å². The van der Waals surface area contributed by atoms with Gasteiger partial charge in [-0.3, -0.25) is 0 Å². The van der Waals surface area contributed by atoms with Crippen molar-refractivity contribution < 1.29 is 14.0 Å². The number of fused-ring (bicyclic) bond motifs is 1. The van der Waals surface area contributed by atoms with Gasteiger partial charge in [-0.15, -0.1) is 0 Å². The molecular formula is C12H15NO3S. The Morgan fingerprint density at radius 2 is 2.00 bits per heavy atom. The Bertz CT molecular complexity index is 440. The predicted octanol–water partition coefficient (Wildman–Crippen LogP) is 2.30. The molecular weight excluding hydrogens is 238 g/mol. The van der Waals surface area contributed by atoms with Crippen molar-refractivity contribution in [1.29, 1.82) is 0 Å². The van der Waals surface area contributed by atoms with Gasteiger partial charge in [0.2, 0.25) is 6.79 Å². The molecule has 1 aliphatic heterocycles. The molecule has 0 fully saturated rings. The fraction of sp³-hybridized carbons (Fsp3) is 0.417. The smallest absolute Gasteiger partial charge is 0.231 e. The fourth-order valence-electron chi connectivity index (χ4n) is 1.26. The Kier molecular flexibility index (Phi) is 3.31. The van der Waals surface area contributed by atoms with E-state index in [1.54, 1.807) is 6.21 Å². The first-order valence-corrected chi connectivity index (χ1v) is 6.43. The molecule has 4 nitrogen and oxygen atoms in total. The van der Waals surface area contributed by atoms with Crippen LogP contribution in [-0.4, -0.2) is 22.3 Å². The van der Waals surface area contributed by atoms with Gasteiger partial charge >= 0.3 is 0 Å². The normalized spacial score (nSPS) is 16.5. The largest absolute Gasteiger partial charge is 0.591 e. The van der Waals surface area contributed by atoms with Crippen LogP contribution in [0.4, 0.5) is 0 Å². The molecule has 92 valence electrons. The molecule has 0 N–H and O–H groups in total. The summed E-state index contributed by atoms with van der Waals surface area (Å²) in [5, 5.41) is 0. The summed E-state index contributed by atoms with van der Waals surface area (Å²) >= 11 is -1.24. The average Bonchev–Trinajstić information content (AvgIpc) is 2.71. The quantitative estimate of drug-likeness (QED) is 0.600. The highest BCUT2D eigenvalue weighted by Gasteiger charge is 2.25. The molecule has 0 spiro atoms. The standard InChI is InChI=1S/C12H15NO3S/c1-12(2,3)17(14)13-7-9-4-5-10-11(6-9)16-8-15-10/h4-7H,8H2,1-3H3/b13-7+. The van der Waals surface area contributed by atoms with Gasteiger partial charge in [0.15, 0.2) is 11.5 Å². The lowest BCUT2D eigenvalue weighted by Gasteiger charge is -2.17. The van der Waals surface area contributed by atoms with E-state index < -0.39 is 11.4 Å². The Labute approximate surface area is 104 Å². The molecule has 1 atom stereocenters. The summed E-state index contributed by atoms with van der Waals surface area (Å²) in [6.07, 6.45) is 1.60. The topological polar surface area (TPSA) is 53.9 Å². The second kappa shape index (κ2) is 4.58. The highest BCUT2D eigenvalue weighted by molar-refractivity contribution is 7.91. The Hall–Kier alpha value is -1.20. The van der Waals surface area contributed by atoms with Crippen LogP contribution in [0.3, 0.4) is 0 Å². The van der Waals surface area contributed by atoms with Crippen LogP contribution in [0.5, 0.6) is 11.5 Å². The minimum absolute atomic E-state index is 0.254. The van der Waals surface area contributed by atoms with Crippen molar-refractivity contribution in [1.82, 2.24) is 0 Å². The number of nitrogens with zero attached hydrogens (tertiary/aromatic N) is 1. The number of benzene rings is 1. The summed E-state index contributed by atoms with van der Waals surface area (Å²) in [6, 6.07) is 5.51. The lowest BCUT2D eigenvalue weighted by molar-refractivity contribution is 0.174. The summed E-state index contributed by atoms with van der Waals surface area (Å²) in [4.78, 5) is 0. The Morgan fingerprint density at radius 1 is 1.29 bits per heavy atom. The first-order chi connectivity index (χ1) is 7.97. The molecule has 0 aliphatic carbocycles. The second-order valence-corrected chi connectivity index (χ2v) is 6.64. The maximum atomic E-state index is 11.7. The second-order valence-electron chi connectivity index (χ2n) is 4.71. The summed E-state index contributed by atoms with van der Waals surface area (Å²) in [5.74, 6) is 1.44. The van der Waals surface area contributed by atoms with Crippen molar-refractivity contribution in [3.05, 3.63) is 23.8 Å². The minimum Gasteiger partial charge on any atom is -0.591 e. The van der Waals surface area contributed by atoms with E-state index in [0.29, 0.717) is 5.75 Å².